The van der Waals surface area contributed by atoms with Gasteiger partial charge in [0, 0.05) is 23.2 Å². The van der Waals surface area contributed by atoms with Crippen LogP contribution in [-0.4, -0.2) is 16.8 Å². The van der Waals surface area contributed by atoms with Crippen LogP contribution in [0.4, 0.5) is 13.2 Å². The van der Waals surface area contributed by atoms with Crippen LogP contribution in [0.2, 0.25) is 5.02 Å². The van der Waals surface area contributed by atoms with Gasteiger partial charge in [0.2, 0.25) is 0 Å². The Morgan fingerprint density at radius 2 is 1.62 bits per heavy atom. The van der Waals surface area contributed by atoms with Crippen molar-refractivity contribution in [1.82, 2.24) is 4.90 Å². The highest BCUT2D eigenvalue weighted by molar-refractivity contribution is 6.30. The first kappa shape index (κ1) is 16.8. The Morgan fingerprint density at radius 3 is 2.12 bits per heavy atom. The molecule has 2 aromatic carbocycles. The van der Waals surface area contributed by atoms with E-state index >= 15 is 0 Å². The Hall–Kier alpha value is -2.01. The number of rotatable bonds is 4. The summed E-state index contributed by atoms with van der Waals surface area (Å²) in [5.41, 5.74) is 0.449. The molecule has 3 rings (SSSR count). The molecule has 2 nitrogen and oxygen atoms in total. The third-order valence-electron chi connectivity index (χ3n) is 3.97. The molecule has 126 valence electrons. The van der Waals surface area contributed by atoms with Crippen molar-refractivity contribution in [2.75, 3.05) is 0 Å². The molecule has 6 heteroatoms. The second-order valence-corrected chi connectivity index (χ2v) is 6.30. The topological polar surface area (TPSA) is 20.3 Å². The maximum atomic E-state index is 12.7. The molecule has 0 unspecified atom stereocenters. The highest BCUT2D eigenvalue weighted by Crippen LogP contribution is 2.32. The summed E-state index contributed by atoms with van der Waals surface area (Å²) in [7, 11) is 0. The Bertz CT molecular complexity index is 721. The minimum absolute atomic E-state index is 0.149. The summed E-state index contributed by atoms with van der Waals surface area (Å²) in [6.07, 6.45) is -2.57. The van der Waals surface area contributed by atoms with Gasteiger partial charge in [-0.15, -0.1) is 0 Å². The predicted molar refractivity (Wildman–Crippen MR) is 85.8 cm³/mol. The number of nitrogens with zero attached hydrogens (tertiary/aromatic N) is 1. The fourth-order valence-electron chi connectivity index (χ4n) is 2.51. The van der Waals surface area contributed by atoms with Crippen LogP contribution < -0.4 is 0 Å². The Kier molecular flexibility index (Phi) is 4.54. The molecular formula is C18H15ClF3NO. The van der Waals surface area contributed by atoms with Crippen molar-refractivity contribution in [3.63, 3.8) is 0 Å². The lowest BCUT2D eigenvalue weighted by atomic mass is 10.1. The van der Waals surface area contributed by atoms with E-state index in [1.165, 1.54) is 12.1 Å². The lowest BCUT2D eigenvalue weighted by molar-refractivity contribution is -0.137. The van der Waals surface area contributed by atoms with Crippen molar-refractivity contribution < 1.29 is 18.0 Å². The van der Waals surface area contributed by atoms with E-state index in [4.69, 9.17) is 11.6 Å². The molecule has 0 heterocycles. The Morgan fingerprint density at radius 1 is 1.04 bits per heavy atom. The number of carbonyl (C=O) groups is 1. The zero-order chi connectivity index (χ0) is 17.3. The first-order valence-corrected chi connectivity index (χ1v) is 7.95. The lowest BCUT2D eigenvalue weighted by Crippen LogP contribution is -2.32. The van der Waals surface area contributed by atoms with Crippen LogP contribution in [0.5, 0.6) is 0 Å². The number of carbonyl (C=O) groups excluding carboxylic acids is 1. The highest BCUT2D eigenvalue weighted by Gasteiger charge is 2.34. The summed E-state index contributed by atoms with van der Waals surface area (Å²) in [5, 5.41) is 0.616. The number of benzene rings is 2. The van der Waals surface area contributed by atoms with E-state index in [0.29, 0.717) is 11.6 Å². The summed E-state index contributed by atoms with van der Waals surface area (Å²) < 4.78 is 37.9. The van der Waals surface area contributed by atoms with Crippen LogP contribution >= 0.6 is 11.6 Å². The van der Waals surface area contributed by atoms with Gasteiger partial charge in [0.05, 0.1) is 5.56 Å². The van der Waals surface area contributed by atoms with Crippen LogP contribution in [-0.2, 0) is 12.7 Å². The van der Waals surface area contributed by atoms with Crippen LogP contribution in [0.15, 0.2) is 48.5 Å². The molecule has 0 bridgehead atoms. The predicted octanol–water partition coefficient (Wildman–Crippen LogP) is 5.16. The molecule has 0 saturated heterocycles. The quantitative estimate of drug-likeness (QED) is 0.743. The van der Waals surface area contributed by atoms with Gasteiger partial charge in [-0.25, -0.2) is 0 Å². The minimum Gasteiger partial charge on any atom is -0.331 e. The third kappa shape index (κ3) is 3.90. The normalized spacial score (nSPS) is 14.5. The minimum atomic E-state index is -4.40. The Balaban J connectivity index is 1.78. The van der Waals surface area contributed by atoms with E-state index in [1.807, 2.05) is 12.1 Å². The molecular weight excluding hydrogens is 339 g/mol. The molecule has 24 heavy (non-hydrogen) atoms. The second-order valence-electron chi connectivity index (χ2n) is 5.87. The molecule has 0 N–H and O–H groups in total. The molecule has 1 aliphatic rings. The monoisotopic (exact) mass is 353 g/mol. The van der Waals surface area contributed by atoms with Gasteiger partial charge >= 0.3 is 6.18 Å². The van der Waals surface area contributed by atoms with Crippen molar-refractivity contribution in [2.45, 2.75) is 31.6 Å². The average Bonchev–Trinajstić information content (AvgIpc) is 3.38. The van der Waals surface area contributed by atoms with Crippen LogP contribution in [0.1, 0.15) is 34.3 Å². The summed E-state index contributed by atoms with van der Waals surface area (Å²) in [4.78, 5) is 14.4. The maximum absolute atomic E-state index is 12.7. The molecule has 0 radical (unpaired) electrons. The molecule has 0 atom stereocenters. The number of hydrogen-bond donors (Lipinski definition) is 0. The van der Waals surface area contributed by atoms with E-state index in [-0.39, 0.29) is 17.5 Å². The zero-order valence-corrected chi connectivity index (χ0v) is 13.4. The van der Waals surface area contributed by atoms with Crippen molar-refractivity contribution in [2.24, 2.45) is 0 Å². The van der Waals surface area contributed by atoms with Crippen LogP contribution in [0, 0.1) is 0 Å². The first-order chi connectivity index (χ1) is 11.3. The standard InChI is InChI=1S/C18H15ClF3NO/c19-15-7-1-12(2-8-15)11-23(16-9-10-16)17(24)13-3-5-14(6-4-13)18(20,21)22/h1-8,16H,9-11H2. The number of alkyl halides is 3. The summed E-state index contributed by atoms with van der Waals surface area (Å²) in [6, 6.07) is 11.7. The highest BCUT2D eigenvalue weighted by atomic mass is 35.5. The molecule has 1 aliphatic carbocycles. The molecule has 1 amide bonds. The van der Waals surface area contributed by atoms with Gasteiger partial charge in [-0.05, 0) is 54.8 Å². The summed E-state index contributed by atoms with van der Waals surface area (Å²) in [5.74, 6) is -0.249. The second kappa shape index (κ2) is 6.48. The molecule has 0 aliphatic heterocycles. The van der Waals surface area contributed by atoms with Gasteiger partial charge in [-0.2, -0.15) is 13.2 Å². The molecule has 2 aromatic rings. The van der Waals surface area contributed by atoms with Crippen molar-refractivity contribution >= 4 is 17.5 Å². The van der Waals surface area contributed by atoms with Gasteiger partial charge in [-0.3, -0.25) is 4.79 Å². The van der Waals surface area contributed by atoms with Gasteiger partial charge in [0.1, 0.15) is 0 Å². The fraction of sp³-hybridized carbons (Fsp3) is 0.278. The number of hydrogen-bond acceptors (Lipinski definition) is 1. The average molecular weight is 354 g/mol. The van der Waals surface area contributed by atoms with Gasteiger partial charge < -0.3 is 4.90 Å². The van der Waals surface area contributed by atoms with Gasteiger partial charge in [0.15, 0.2) is 0 Å². The van der Waals surface area contributed by atoms with Crippen LogP contribution in [0.25, 0.3) is 0 Å². The van der Waals surface area contributed by atoms with E-state index < -0.39 is 11.7 Å². The summed E-state index contributed by atoms with van der Waals surface area (Å²) in [6.45, 7) is 0.418. The van der Waals surface area contributed by atoms with Crippen molar-refractivity contribution in [3.8, 4) is 0 Å². The van der Waals surface area contributed by atoms with E-state index in [0.717, 1.165) is 30.5 Å². The first-order valence-electron chi connectivity index (χ1n) is 7.57. The lowest BCUT2D eigenvalue weighted by Gasteiger charge is -2.23. The number of halogens is 4. The zero-order valence-electron chi connectivity index (χ0n) is 12.7. The van der Waals surface area contributed by atoms with Gasteiger partial charge in [-0.1, -0.05) is 23.7 Å². The fourth-order valence-corrected chi connectivity index (χ4v) is 2.63. The SMILES string of the molecule is O=C(c1ccc(C(F)(F)F)cc1)N(Cc1ccc(Cl)cc1)C1CC1. The summed E-state index contributed by atoms with van der Waals surface area (Å²) >= 11 is 5.86. The van der Waals surface area contributed by atoms with Crippen molar-refractivity contribution in [1.29, 1.82) is 0 Å². The third-order valence-corrected chi connectivity index (χ3v) is 4.23. The van der Waals surface area contributed by atoms with E-state index in [9.17, 15) is 18.0 Å². The number of amides is 1. The van der Waals surface area contributed by atoms with Gasteiger partial charge in [0.25, 0.3) is 5.91 Å². The molecule has 0 aromatic heterocycles. The van der Waals surface area contributed by atoms with E-state index in [2.05, 4.69) is 0 Å². The Labute approximate surface area is 142 Å². The molecule has 1 saturated carbocycles. The molecule has 0 spiro atoms. The molecule has 1 fully saturated rings. The maximum Gasteiger partial charge on any atom is 0.416 e. The van der Waals surface area contributed by atoms with E-state index in [1.54, 1.807) is 17.0 Å². The van der Waals surface area contributed by atoms with Crippen molar-refractivity contribution in [3.05, 3.63) is 70.2 Å². The largest absolute Gasteiger partial charge is 0.416 e. The van der Waals surface area contributed by atoms with Crippen LogP contribution in [0.3, 0.4) is 0 Å². The smallest absolute Gasteiger partial charge is 0.331 e.